The van der Waals surface area contributed by atoms with Crippen molar-refractivity contribution in [3.8, 4) is 12.3 Å². The van der Waals surface area contributed by atoms with Crippen LogP contribution in [0.5, 0.6) is 0 Å². The second-order valence-corrected chi connectivity index (χ2v) is 7.21. The van der Waals surface area contributed by atoms with Crippen molar-refractivity contribution in [3.63, 3.8) is 0 Å². The first-order valence-electron chi connectivity index (χ1n) is 9.23. The molecule has 1 atom stereocenters. The van der Waals surface area contributed by atoms with Gasteiger partial charge in [-0.1, -0.05) is 18.1 Å². The van der Waals surface area contributed by atoms with E-state index in [1.165, 1.54) is 0 Å². The van der Waals surface area contributed by atoms with Gasteiger partial charge in [0.05, 0.1) is 17.7 Å². The van der Waals surface area contributed by atoms with Crippen molar-refractivity contribution in [3.05, 3.63) is 34.9 Å². The molecule has 2 N–H and O–H groups in total. The molecule has 8 nitrogen and oxygen atoms in total. The number of hydrogen-bond acceptors (Lipinski definition) is 6. The molecule has 0 radical (unpaired) electrons. The average molecular weight is 380 g/mol. The van der Waals surface area contributed by atoms with Gasteiger partial charge in [-0.05, 0) is 18.1 Å². The molecule has 0 bridgehead atoms. The van der Waals surface area contributed by atoms with Crippen molar-refractivity contribution in [1.29, 1.82) is 0 Å². The number of rotatable bonds is 5. The van der Waals surface area contributed by atoms with Crippen LogP contribution >= 0.6 is 0 Å². The van der Waals surface area contributed by atoms with Gasteiger partial charge in [0.15, 0.2) is 0 Å². The molecule has 1 aromatic rings. The van der Waals surface area contributed by atoms with E-state index in [4.69, 9.17) is 6.42 Å². The molecule has 3 heterocycles. The number of benzene rings is 1. The highest BCUT2D eigenvalue weighted by atomic mass is 16.2. The zero-order valence-electron chi connectivity index (χ0n) is 15.2. The first kappa shape index (κ1) is 18.3. The molecular formula is C20H20N4O4. The largest absolute Gasteiger partial charge is 0.314 e. The number of fused-ring (bicyclic) bond motifs is 1. The Labute approximate surface area is 162 Å². The third-order valence-electron chi connectivity index (χ3n) is 5.50. The van der Waals surface area contributed by atoms with Crippen LogP contribution in [0.1, 0.15) is 39.1 Å². The SMILES string of the molecule is C#CCN(Cc1cccc2c1C(=O)N(C1CCC(=O)NC1=O)C2=O)C1CNC1. The molecule has 3 aliphatic rings. The summed E-state index contributed by atoms with van der Waals surface area (Å²) in [5.41, 5.74) is 1.33. The van der Waals surface area contributed by atoms with E-state index in [0.29, 0.717) is 29.8 Å². The second kappa shape index (κ2) is 7.19. The monoisotopic (exact) mass is 380 g/mol. The fourth-order valence-electron chi connectivity index (χ4n) is 3.90. The van der Waals surface area contributed by atoms with Gasteiger partial charge in [0.2, 0.25) is 11.8 Å². The van der Waals surface area contributed by atoms with Crippen LogP contribution < -0.4 is 10.6 Å². The lowest BCUT2D eigenvalue weighted by Crippen LogP contribution is -2.57. The predicted molar refractivity (Wildman–Crippen MR) is 99.0 cm³/mol. The number of terminal acetylenes is 1. The summed E-state index contributed by atoms with van der Waals surface area (Å²) in [4.78, 5) is 52.7. The van der Waals surface area contributed by atoms with Crippen LogP contribution in [0, 0.1) is 12.3 Å². The van der Waals surface area contributed by atoms with Crippen molar-refractivity contribution in [1.82, 2.24) is 20.4 Å². The van der Waals surface area contributed by atoms with Gasteiger partial charge in [0.25, 0.3) is 11.8 Å². The lowest BCUT2D eigenvalue weighted by Gasteiger charge is -2.37. The molecule has 4 rings (SSSR count). The number of carbonyl (C=O) groups excluding carboxylic acids is 4. The first-order valence-corrected chi connectivity index (χ1v) is 9.23. The number of imide groups is 2. The Morgan fingerprint density at radius 1 is 1.18 bits per heavy atom. The zero-order valence-corrected chi connectivity index (χ0v) is 15.2. The van der Waals surface area contributed by atoms with Crippen LogP contribution in [-0.4, -0.2) is 65.1 Å². The first-order chi connectivity index (χ1) is 13.5. The van der Waals surface area contributed by atoms with Crippen LogP contribution in [0.15, 0.2) is 18.2 Å². The number of piperidine rings is 1. The van der Waals surface area contributed by atoms with Crippen LogP contribution in [-0.2, 0) is 16.1 Å². The van der Waals surface area contributed by atoms with E-state index in [1.807, 2.05) is 6.07 Å². The summed E-state index contributed by atoms with van der Waals surface area (Å²) in [5, 5.41) is 5.41. The highest BCUT2D eigenvalue weighted by molar-refractivity contribution is 6.24. The average Bonchev–Trinajstić information content (AvgIpc) is 2.86. The quantitative estimate of drug-likeness (QED) is 0.528. The van der Waals surface area contributed by atoms with Gasteiger partial charge < -0.3 is 5.32 Å². The van der Waals surface area contributed by atoms with Crippen molar-refractivity contribution in [2.75, 3.05) is 19.6 Å². The summed E-state index contributed by atoms with van der Waals surface area (Å²) >= 11 is 0. The Bertz CT molecular complexity index is 915. The third-order valence-corrected chi connectivity index (χ3v) is 5.50. The Balaban J connectivity index is 1.63. The van der Waals surface area contributed by atoms with Gasteiger partial charge in [0, 0.05) is 32.1 Å². The summed E-state index contributed by atoms with van der Waals surface area (Å²) in [5.74, 6) is 0.662. The summed E-state index contributed by atoms with van der Waals surface area (Å²) in [6.07, 6.45) is 5.73. The van der Waals surface area contributed by atoms with Gasteiger partial charge in [-0.25, -0.2) is 0 Å². The molecule has 2 saturated heterocycles. The van der Waals surface area contributed by atoms with E-state index in [1.54, 1.807) is 12.1 Å². The lowest BCUT2D eigenvalue weighted by atomic mass is 10.0. The number of amides is 4. The summed E-state index contributed by atoms with van der Waals surface area (Å²) in [7, 11) is 0. The number of carbonyl (C=O) groups is 4. The molecule has 0 saturated carbocycles. The Morgan fingerprint density at radius 2 is 1.96 bits per heavy atom. The highest BCUT2D eigenvalue weighted by Crippen LogP contribution is 2.30. The van der Waals surface area contributed by atoms with E-state index >= 15 is 0 Å². The molecule has 8 heteroatoms. The van der Waals surface area contributed by atoms with Crippen molar-refractivity contribution in [2.45, 2.75) is 31.5 Å². The maximum Gasteiger partial charge on any atom is 0.262 e. The Morgan fingerprint density at radius 3 is 2.61 bits per heavy atom. The zero-order chi connectivity index (χ0) is 19.8. The fraction of sp³-hybridized carbons (Fsp3) is 0.400. The topological polar surface area (TPSA) is 98.8 Å². The molecule has 144 valence electrons. The molecule has 1 aromatic carbocycles. The molecule has 28 heavy (non-hydrogen) atoms. The maximum absolute atomic E-state index is 13.1. The Hall–Kier alpha value is -3.02. The summed E-state index contributed by atoms with van der Waals surface area (Å²) in [6, 6.07) is 4.47. The van der Waals surface area contributed by atoms with E-state index in [2.05, 4.69) is 21.5 Å². The number of nitrogens with zero attached hydrogens (tertiary/aromatic N) is 2. The van der Waals surface area contributed by atoms with E-state index in [0.717, 1.165) is 18.0 Å². The highest BCUT2D eigenvalue weighted by Gasteiger charge is 2.45. The van der Waals surface area contributed by atoms with E-state index < -0.39 is 29.7 Å². The minimum atomic E-state index is -0.962. The normalized spacial score (nSPS) is 22.1. The number of nitrogens with one attached hydrogen (secondary N) is 2. The molecule has 3 aliphatic heterocycles. The minimum Gasteiger partial charge on any atom is -0.314 e. The fourth-order valence-corrected chi connectivity index (χ4v) is 3.90. The standard InChI is InChI=1S/C20H20N4O4/c1-2-8-23(13-9-21-10-13)11-12-4-3-5-14-17(12)20(28)24(19(14)27)15-6-7-16(25)22-18(15)26/h1,3-5,13,15,21H,6-11H2,(H,22,25,26). The van der Waals surface area contributed by atoms with Crippen LogP contribution in [0.3, 0.4) is 0 Å². The Kier molecular flexibility index (Phi) is 4.71. The molecule has 0 aliphatic carbocycles. The second-order valence-electron chi connectivity index (χ2n) is 7.21. The van der Waals surface area contributed by atoms with Crippen LogP contribution in [0.4, 0.5) is 0 Å². The van der Waals surface area contributed by atoms with Gasteiger partial charge in [-0.15, -0.1) is 6.42 Å². The van der Waals surface area contributed by atoms with Crippen LogP contribution in [0.25, 0.3) is 0 Å². The van der Waals surface area contributed by atoms with E-state index in [9.17, 15) is 19.2 Å². The van der Waals surface area contributed by atoms with Crippen molar-refractivity contribution >= 4 is 23.6 Å². The van der Waals surface area contributed by atoms with Crippen LogP contribution in [0.2, 0.25) is 0 Å². The number of hydrogen-bond donors (Lipinski definition) is 2. The molecule has 4 amide bonds. The molecular weight excluding hydrogens is 360 g/mol. The van der Waals surface area contributed by atoms with E-state index in [-0.39, 0.29) is 18.9 Å². The summed E-state index contributed by atoms with van der Waals surface area (Å²) < 4.78 is 0. The molecule has 0 spiro atoms. The van der Waals surface area contributed by atoms with Gasteiger partial charge in [0.1, 0.15) is 6.04 Å². The lowest BCUT2D eigenvalue weighted by molar-refractivity contribution is -0.136. The predicted octanol–water partition coefficient (Wildman–Crippen LogP) is -0.505. The summed E-state index contributed by atoms with van der Waals surface area (Å²) in [6.45, 7) is 2.54. The smallest absolute Gasteiger partial charge is 0.262 e. The third kappa shape index (κ3) is 2.99. The van der Waals surface area contributed by atoms with Crippen molar-refractivity contribution < 1.29 is 19.2 Å². The molecule has 2 fully saturated rings. The minimum absolute atomic E-state index is 0.0985. The van der Waals surface area contributed by atoms with Gasteiger partial charge >= 0.3 is 0 Å². The maximum atomic E-state index is 13.1. The van der Waals surface area contributed by atoms with Gasteiger partial charge in [-0.2, -0.15) is 0 Å². The molecule has 1 unspecified atom stereocenters. The van der Waals surface area contributed by atoms with Gasteiger partial charge in [-0.3, -0.25) is 34.3 Å². The molecule has 0 aromatic heterocycles. The van der Waals surface area contributed by atoms with Crippen molar-refractivity contribution in [2.24, 2.45) is 0 Å².